The van der Waals surface area contributed by atoms with Gasteiger partial charge in [0.05, 0.1) is 31.8 Å². The molecule has 182 valence electrons. The highest BCUT2D eigenvalue weighted by Gasteiger charge is 2.25. The number of aromatic nitrogens is 2. The minimum atomic E-state index is -0.508. The monoisotopic (exact) mass is 466 g/mol. The van der Waals surface area contributed by atoms with Crippen LogP contribution in [0.4, 0.5) is 11.4 Å². The van der Waals surface area contributed by atoms with E-state index in [0.29, 0.717) is 34.9 Å². The molecule has 8 nitrogen and oxygen atoms in total. The summed E-state index contributed by atoms with van der Waals surface area (Å²) >= 11 is 0. The van der Waals surface area contributed by atoms with Crippen molar-refractivity contribution in [3.63, 3.8) is 0 Å². The number of anilines is 2. The van der Waals surface area contributed by atoms with Gasteiger partial charge in [-0.15, -0.1) is 0 Å². The van der Waals surface area contributed by atoms with E-state index in [0.717, 1.165) is 29.8 Å². The number of nitrogens with one attached hydrogen (secondary N) is 2. The minimum absolute atomic E-state index is 0.110. The predicted molar refractivity (Wildman–Crippen MR) is 135 cm³/mol. The normalized spacial score (nSPS) is 12.0. The molecule has 2 aromatic heterocycles. The largest absolute Gasteiger partial charge is 0.497 e. The second-order valence-corrected chi connectivity index (χ2v) is 8.93. The summed E-state index contributed by atoms with van der Waals surface area (Å²) in [6.07, 6.45) is 3.40. The standard InChI is InChI=1S/C26H34N4O4/c1-16(2)10-11-30-24(26(32)34-6)23(29-18(4)31)22-14-20(15-27-25(22)30)28-17(3)12-19-8-7-9-21(13-19)33-5/h7-9,13-17,28H,10-12H2,1-6H3,(H,29,31). The number of fused-ring (bicyclic) bond motifs is 1. The molecular weight excluding hydrogens is 432 g/mol. The van der Waals surface area contributed by atoms with Gasteiger partial charge in [0, 0.05) is 24.9 Å². The van der Waals surface area contributed by atoms with Gasteiger partial charge in [-0.05, 0) is 49.4 Å². The van der Waals surface area contributed by atoms with Crippen molar-refractivity contribution in [2.24, 2.45) is 5.92 Å². The molecule has 0 fully saturated rings. The van der Waals surface area contributed by atoms with Crippen LogP contribution in [0.15, 0.2) is 36.5 Å². The molecular formula is C26H34N4O4. The lowest BCUT2D eigenvalue weighted by Crippen LogP contribution is -2.18. The Morgan fingerprint density at radius 3 is 2.56 bits per heavy atom. The number of benzene rings is 1. The third-order valence-electron chi connectivity index (χ3n) is 5.60. The number of hydrogen-bond acceptors (Lipinski definition) is 6. The zero-order valence-corrected chi connectivity index (χ0v) is 20.8. The summed E-state index contributed by atoms with van der Waals surface area (Å²) in [5, 5.41) is 7.00. The number of carbonyl (C=O) groups is 2. The number of ether oxygens (including phenoxy) is 2. The first-order valence-electron chi connectivity index (χ1n) is 11.5. The number of amides is 1. The van der Waals surface area contributed by atoms with E-state index in [4.69, 9.17) is 9.47 Å². The van der Waals surface area contributed by atoms with Crippen molar-refractivity contribution >= 4 is 34.3 Å². The molecule has 3 rings (SSSR count). The summed E-state index contributed by atoms with van der Waals surface area (Å²) in [5.74, 6) is 0.487. The van der Waals surface area contributed by atoms with Gasteiger partial charge in [-0.1, -0.05) is 26.0 Å². The van der Waals surface area contributed by atoms with Gasteiger partial charge >= 0.3 is 5.97 Å². The molecule has 0 aliphatic rings. The van der Waals surface area contributed by atoms with E-state index in [1.807, 2.05) is 28.8 Å². The summed E-state index contributed by atoms with van der Waals surface area (Å²) in [7, 11) is 3.00. The summed E-state index contributed by atoms with van der Waals surface area (Å²) in [6, 6.07) is 10.0. The van der Waals surface area contributed by atoms with Crippen LogP contribution in [0.25, 0.3) is 11.0 Å². The fraction of sp³-hybridized carbons (Fsp3) is 0.423. The molecule has 0 spiro atoms. The second-order valence-electron chi connectivity index (χ2n) is 8.93. The van der Waals surface area contributed by atoms with Crippen LogP contribution >= 0.6 is 0 Å². The Kier molecular flexibility index (Phi) is 8.15. The summed E-state index contributed by atoms with van der Waals surface area (Å²) in [4.78, 5) is 29.4. The predicted octanol–water partition coefficient (Wildman–Crippen LogP) is 4.88. The lowest BCUT2D eigenvalue weighted by atomic mass is 10.1. The molecule has 0 aliphatic heterocycles. The number of methoxy groups -OCH3 is 2. The molecule has 1 amide bonds. The average molecular weight is 467 g/mol. The molecule has 3 aromatic rings. The highest BCUT2D eigenvalue weighted by molar-refractivity contribution is 6.10. The van der Waals surface area contributed by atoms with E-state index in [1.54, 1.807) is 13.3 Å². The molecule has 0 bridgehead atoms. The van der Waals surface area contributed by atoms with Crippen LogP contribution in [-0.4, -0.2) is 41.7 Å². The van der Waals surface area contributed by atoms with E-state index < -0.39 is 5.97 Å². The first-order chi connectivity index (χ1) is 16.2. The van der Waals surface area contributed by atoms with Gasteiger partial charge in [0.15, 0.2) is 5.69 Å². The van der Waals surface area contributed by atoms with Gasteiger partial charge in [0.1, 0.15) is 11.4 Å². The zero-order chi connectivity index (χ0) is 24.8. The van der Waals surface area contributed by atoms with E-state index in [1.165, 1.54) is 14.0 Å². The number of hydrogen-bond donors (Lipinski definition) is 2. The molecule has 1 aromatic carbocycles. The first-order valence-corrected chi connectivity index (χ1v) is 11.5. The van der Waals surface area contributed by atoms with Gasteiger partial charge in [0.2, 0.25) is 5.91 Å². The lowest BCUT2D eigenvalue weighted by molar-refractivity contribution is -0.114. The zero-order valence-electron chi connectivity index (χ0n) is 20.8. The topological polar surface area (TPSA) is 94.5 Å². The third-order valence-corrected chi connectivity index (χ3v) is 5.60. The third kappa shape index (κ3) is 5.87. The Labute approximate surface area is 200 Å². The van der Waals surface area contributed by atoms with Crippen molar-refractivity contribution in [1.29, 1.82) is 0 Å². The quantitative estimate of drug-likeness (QED) is 0.414. The van der Waals surface area contributed by atoms with Gasteiger partial charge < -0.3 is 24.7 Å². The highest BCUT2D eigenvalue weighted by atomic mass is 16.5. The highest BCUT2D eigenvalue weighted by Crippen LogP contribution is 2.33. The van der Waals surface area contributed by atoms with E-state index in [2.05, 4.69) is 42.5 Å². The van der Waals surface area contributed by atoms with Crippen LogP contribution < -0.4 is 15.4 Å². The van der Waals surface area contributed by atoms with E-state index in [-0.39, 0.29) is 11.9 Å². The molecule has 0 saturated carbocycles. The summed E-state index contributed by atoms with van der Waals surface area (Å²) < 4.78 is 12.2. The van der Waals surface area contributed by atoms with E-state index in [9.17, 15) is 9.59 Å². The molecule has 0 aliphatic carbocycles. The van der Waals surface area contributed by atoms with Crippen LogP contribution in [0.1, 0.15) is 50.2 Å². The van der Waals surface area contributed by atoms with Crippen LogP contribution in [0.3, 0.4) is 0 Å². The number of pyridine rings is 1. The molecule has 0 saturated heterocycles. The fourth-order valence-corrected chi connectivity index (χ4v) is 4.01. The minimum Gasteiger partial charge on any atom is -0.497 e. The van der Waals surface area contributed by atoms with Crippen molar-refractivity contribution in [2.45, 2.75) is 53.1 Å². The maximum absolute atomic E-state index is 12.7. The molecule has 1 atom stereocenters. The molecule has 34 heavy (non-hydrogen) atoms. The first kappa shape index (κ1) is 25.1. The van der Waals surface area contributed by atoms with E-state index >= 15 is 0 Å². The molecule has 1 unspecified atom stereocenters. The van der Waals surface area contributed by atoms with Gasteiger partial charge in [-0.3, -0.25) is 4.79 Å². The molecule has 2 N–H and O–H groups in total. The SMILES string of the molecule is COC(=O)c1c(NC(C)=O)c2cc(NC(C)Cc3cccc(OC)c3)cnc2n1CCC(C)C. The summed E-state index contributed by atoms with van der Waals surface area (Å²) in [6.45, 7) is 8.34. The van der Waals surface area contributed by atoms with Gasteiger partial charge in [0.25, 0.3) is 0 Å². The number of aryl methyl sites for hydroxylation is 1. The summed E-state index contributed by atoms with van der Waals surface area (Å²) in [5.41, 5.74) is 3.32. The van der Waals surface area contributed by atoms with Crippen LogP contribution in [0.2, 0.25) is 0 Å². The van der Waals surface area contributed by atoms with Crippen LogP contribution in [0.5, 0.6) is 5.75 Å². The maximum atomic E-state index is 12.7. The van der Waals surface area contributed by atoms with Crippen LogP contribution in [-0.2, 0) is 22.5 Å². The Bertz CT molecular complexity index is 1170. The Hall–Kier alpha value is -3.55. The second kappa shape index (κ2) is 11.0. The Balaban J connectivity index is 1.98. The number of carbonyl (C=O) groups excluding carboxylic acids is 2. The maximum Gasteiger partial charge on any atom is 0.356 e. The molecule has 0 radical (unpaired) electrons. The van der Waals surface area contributed by atoms with Crippen LogP contribution in [0, 0.1) is 5.92 Å². The molecule has 8 heteroatoms. The lowest BCUT2D eigenvalue weighted by Gasteiger charge is -2.16. The van der Waals surface area contributed by atoms with Crippen molar-refractivity contribution in [1.82, 2.24) is 9.55 Å². The molecule has 2 heterocycles. The van der Waals surface area contributed by atoms with Gasteiger partial charge in [-0.2, -0.15) is 0 Å². The number of rotatable bonds is 10. The smallest absolute Gasteiger partial charge is 0.356 e. The Morgan fingerprint density at radius 1 is 1.15 bits per heavy atom. The fourth-order valence-electron chi connectivity index (χ4n) is 4.01. The average Bonchev–Trinajstić information content (AvgIpc) is 3.09. The van der Waals surface area contributed by atoms with Crippen molar-refractivity contribution in [2.75, 3.05) is 24.9 Å². The van der Waals surface area contributed by atoms with Crippen molar-refractivity contribution < 1.29 is 19.1 Å². The number of esters is 1. The van der Waals surface area contributed by atoms with Crippen molar-refractivity contribution in [3.8, 4) is 5.75 Å². The van der Waals surface area contributed by atoms with Crippen molar-refractivity contribution in [3.05, 3.63) is 47.8 Å². The Morgan fingerprint density at radius 2 is 1.91 bits per heavy atom. The number of nitrogens with zero attached hydrogens (tertiary/aromatic N) is 2. The van der Waals surface area contributed by atoms with Gasteiger partial charge in [-0.25, -0.2) is 9.78 Å².